The van der Waals surface area contributed by atoms with Crippen molar-refractivity contribution in [2.75, 3.05) is 0 Å². The highest BCUT2D eigenvalue weighted by Crippen LogP contribution is 2.45. The third kappa shape index (κ3) is 2.29. The van der Waals surface area contributed by atoms with Crippen molar-refractivity contribution >= 4 is 27.3 Å². The van der Waals surface area contributed by atoms with Crippen molar-refractivity contribution in [1.29, 1.82) is 0 Å². The average molecular weight is 289 g/mol. The maximum absolute atomic E-state index is 10.7. The Morgan fingerprint density at radius 1 is 1.67 bits per heavy atom. The zero-order valence-electron chi connectivity index (χ0n) is 9.00. The van der Waals surface area contributed by atoms with E-state index in [9.17, 15) is 5.11 Å². The van der Waals surface area contributed by atoms with E-state index in [2.05, 4.69) is 22.9 Å². The summed E-state index contributed by atoms with van der Waals surface area (Å²) in [5.41, 5.74) is -0.564. The summed E-state index contributed by atoms with van der Waals surface area (Å²) in [6.07, 6.45) is 5.47. The van der Waals surface area contributed by atoms with E-state index in [0.717, 1.165) is 28.6 Å². The van der Waals surface area contributed by atoms with Gasteiger partial charge in [-0.2, -0.15) is 0 Å². The Hall–Kier alpha value is 0.140. The van der Waals surface area contributed by atoms with Crippen LogP contribution in [-0.2, 0) is 5.60 Å². The van der Waals surface area contributed by atoms with Crippen LogP contribution in [0.25, 0.3) is 0 Å². The van der Waals surface area contributed by atoms with Crippen LogP contribution < -0.4 is 0 Å². The van der Waals surface area contributed by atoms with E-state index < -0.39 is 5.60 Å². The summed E-state index contributed by atoms with van der Waals surface area (Å²) in [5, 5.41) is 12.7. The Morgan fingerprint density at radius 2 is 2.47 bits per heavy atom. The molecule has 0 aromatic carbocycles. The van der Waals surface area contributed by atoms with Crippen LogP contribution in [0.5, 0.6) is 0 Å². The smallest absolute Gasteiger partial charge is 0.100 e. The van der Waals surface area contributed by atoms with Gasteiger partial charge in [0.1, 0.15) is 5.60 Å². The van der Waals surface area contributed by atoms with Crippen molar-refractivity contribution in [1.82, 2.24) is 0 Å². The fourth-order valence-electron chi connectivity index (χ4n) is 2.55. The van der Waals surface area contributed by atoms with Crippen molar-refractivity contribution in [2.45, 2.75) is 44.6 Å². The summed E-state index contributed by atoms with van der Waals surface area (Å²) >= 11 is 5.20. The lowest BCUT2D eigenvalue weighted by atomic mass is 9.76. The van der Waals surface area contributed by atoms with Crippen LogP contribution in [0.2, 0.25) is 0 Å². The lowest BCUT2D eigenvalue weighted by Crippen LogP contribution is -2.32. The van der Waals surface area contributed by atoms with Crippen LogP contribution in [0.1, 0.15) is 43.9 Å². The molecule has 1 aliphatic carbocycles. The first-order chi connectivity index (χ1) is 7.15. The van der Waals surface area contributed by atoms with Crippen LogP contribution in [0.3, 0.4) is 0 Å². The second kappa shape index (κ2) is 4.56. The number of hydrogen-bond donors (Lipinski definition) is 1. The zero-order valence-corrected chi connectivity index (χ0v) is 11.4. The van der Waals surface area contributed by atoms with Gasteiger partial charge in [-0.1, -0.05) is 19.8 Å². The Kier molecular flexibility index (Phi) is 3.53. The van der Waals surface area contributed by atoms with E-state index >= 15 is 0 Å². The van der Waals surface area contributed by atoms with Crippen molar-refractivity contribution in [3.8, 4) is 0 Å². The van der Waals surface area contributed by atoms with Crippen LogP contribution in [0.4, 0.5) is 0 Å². The van der Waals surface area contributed by atoms with Gasteiger partial charge in [0.05, 0.1) is 4.88 Å². The molecule has 1 aromatic heterocycles. The van der Waals surface area contributed by atoms with Crippen LogP contribution in [0, 0.1) is 5.92 Å². The van der Waals surface area contributed by atoms with E-state index in [1.165, 1.54) is 12.8 Å². The molecule has 1 nitrogen and oxygen atoms in total. The lowest BCUT2D eigenvalue weighted by Gasteiger charge is -2.36. The summed E-state index contributed by atoms with van der Waals surface area (Å²) in [6.45, 7) is 2.22. The molecule has 1 aliphatic rings. The molecular weight excluding hydrogens is 272 g/mol. The fraction of sp³-hybridized carbons (Fsp3) is 0.667. The lowest BCUT2D eigenvalue weighted by molar-refractivity contribution is -0.0190. The minimum absolute atomic E-state index is 0.564. The molecule has 1 aromatic rings. The molecule has 0 amide bonds. The summed E-state index contributed by atoms with van der Waals surface area (Å²) < 4.78 is 1.08. The predicted molar refractivity (Wildman–Crippen MR) is 68.2 cm³/mol. The van der Waals surface area contributed by atoms with E-state index in [0.29, 0.717) is 5.92 Å². The molecule has 0 radical (unpaired) electrons. The second-order valence-electron chi connectivity index (χ2n) is 4.50. The van der Waals surface area contributed by atoms with E-state index in [1.807, 2.05) is 11.4 Å². The van der Waals surface area contributed by atoms with Crippen molar-refractivity contribution in [3.63, 3.8) is 0 Å². The largest absolute Gasteiger partial charge is 0.384 e. The third-order valence-electron chi connectivity index (χ3n) is 3.45. The molecule has 0 saturated heterocycles. The van der Waals surface area contributed by atoms with Gasteiger partial charge < -0.3 is 5.11 Å². The molecule has 2 unspecified atom stereocenters. The highest BCUT2D eigenvalue weighted by molar-refractivity contribution is 9.10. The molecule has 2 rings (SSSR count). The third-order valence-corrected chi connectivity index (χ3v) is 5.48. The number of thiophene rings is 1. The first-order valence-electron chi connectivity index (χ1n) is 5.61. The first-order valence-corrected chi connectivity index (χ1v) is 7.29. The molecule has 1 heterocycles. The van der Waals surface area contributed by atoms with Crippen molar-refractivity contribution in [2.24, 2.45) is 5.92 Å². The standard InChI is InChI=1S/C12H17BrOS/c1-2-9-4-3-6-12(14,8-9)11-10(13)5-7-15-11/h5,7,9,14H,2-4,6,8H2,1H3. The highest BCUT2D eigenvalue weighted by atomic mass is 79.9. The predicted octanol–water partition coefficient (Wildman–Crippen LogP) is 4.30. The number of hydrogen-bond acceptors (Lipinski definition) is 2. The Morgan fingerprint density at radius 3 is 3.07 bits per heavy atom. The number of halogens is 1. The first kappa shape index (κ1) is 11.6. The van der Waals surface area contributed by atoms with Gasteiger partial charge in [0.25, 0.3) is 0 Å². The molecule has 0 spiro atoms. The Labute approximate surface area is 104 Å². The van der Waals surface area contributed by atoms with Crippen LogP contribution in [-0.4, -0.2) is 5.11 Å². The summed E-state index contributed by atoms with van der Waals surface area (Å²) in [6, 6.07) is 2.04. The molecule has 84 valence electrons. The van der Waals surface area contributed by atoms with Gasteiger partial charge in [0.15, 0.2) is 0 Å². The highest BCUT2D eigenvalue weighted by Gasteiger charge is 2.37. The SMILES string of the molecule is CCC1CCCC(O)(c2sccc2Br)C1. The molecule has 1 N–H and O–H groups in total. The number of aliphatic hydroxyl groups is 1. The van der Waals surface area contributed by atoms with Crippen LogP contribution in [0.15, 0.2) is 15.9 Å². The summed E-state index contributed by atoms with van der Waals surface area (Å²) in [7, 11) is 0. The van der Waals surface area contributed by atoms with Gasteiger partial charge >= 0.3 is 0 Å². The van der Waals surface area contributed by atoms with Gasteiger partial charge in [0.2, 0.25) is 0 Å². The van der Waals surface area contributed by atoms with Crippen molar-refractivity contribution < 1.29 is 5.11 Å². The second-order valence-corrected chi connectivity index (χ2v) is 6.27. The van der Waals surface area contributed by atoms with E-state index in [4.69, 9.17) is 0 Å². The van der Waals surface area contributed by atoms with Gasteiger partial charge in [0, 0.05) is 4.47 Å². The molecule has 1 fully saturated rings. The topological polar surface area (TPSA) is 20.2 Å². The summed E-state index contributed by atoms with van der Waals surface area (Å²) in [5.74, 6) is 0.692. The molecule has 1 saturated carbocycles. The zero-order chi connectivity index (χ0) is 10.9. The quantitative estimate of drug-likeness (QED) is 0.860. The molecular formula is C12H17BrOS. The minimum Gasteiger partial charge on any atom is -0.384 e. The molecule has 15 heavy (non-hydrogen) atoms. The molecule has 2 atom stereocenters. The molecule has 3 heteroatoms. The molecule has 0 bridgehead atoms. The number of rotatable bonds is 2. The Balaban J connectivity index is 2.22. The van der Waals surface area contributed by atoms with Gasteiger partial charge in [-0.05, 0) is 52.6 Å². The van der Waals surface area contributed by atoms with Crippen molar-refractivity contribution in [3.05, 3.63) is 20.8 Å². The van der Waals surface area contributed by atoms with E-state index in [1.54, 1.807) is 11.3 Å². The maximum atomic E-state index is 10.7. The maximum Gasteiger partial charge on any atom is 0.100 e. The van der Waals surface area contributed by atoms with E-state index in [-0.39, 0.29) is 0 Å². The average Bonchev–Trinajstić information content (AvgIpc) is 2.65. The van der Waals surface area contributed by atoms with Gasteiger partial charge in [-0.25, -0.2) is 0 Å². The van der Waals surface area contributed by atoms with Gasteiger partial charge in [-0.3, -0.25) is 0 Å². The van der Waals surface area contributed by atoms with Gasteiger partial charge in [-0.15, -0.1) is 11.3 Å². The fourth-order valence-corrected chi connectivity index (χ4v) is 4.43. The van der Waals surface area contributed by atoms with Crippen LogP contribution >= 0.6 is 27.3 Å². The monoisotopic (exact) mass is 288 g/mol. The molecule has 0 aliphatic heterocycles. The Bertz CT molecular complexity index is 336. The summed E-state index contributed by atoms with van der Waals surface area (Å²) in [4.78, 5) is 1.13. The normalized spacial score (nSPS) is 31.8. The minimum atomic E-state index is -0.564.